The molecule has 0 radical (unpaired) electrons. The third-order valence-electron chi connectivity index (χ3n) is 3.96. The molecule has 0 spiro atoms. The summed E-state index contributed by atoms with van der Waals surface area (Å²) >= 11 is 0. The predicted octanol–water partition coefficient (Wildman–Crippen LogP) is 3.27. The molecule has 0 aromatic rings. The number of carboxylic acids is 2. The molecule has 0 bridgehead atoms. The maximum absolute atomic E-state index is 11.3. The lowest BCUT2D eigenvalue weighted by Crippen LogP contribution is -2.33. The zero-order valence-corrected chi connectivity index (χ0v) is 12.4. The summed E-state index contributed by atoms with van der Waals surface area (Å²) in [7, 11) is 0. The molecule has 4 heteroatoms. The van der Waals surface area contributed by atoms with Gasteiger partial charge in [-0.25, -0.2) is 9.59 Å². The van der Waals surface area contributed by atoms with Gasteiger partial charge in [0.1, 0.15) is 5.57 Å². The molecule has 1 aliphatic carbocycles. The maximum Gasteiger partial charge on any atom is 0.343 e. The fourth-order valence-electron chi connectivity index (χ4n) is 2.98. The molecule has 1 aliphatic rings. The minimum Gasteiger partial charge on any atom is -0.477 e. The summed E-state index contributed by atoms with van der Waals surface area (Å²) in [6, 6.07) is 0. The minimum atomic E-state index is -1.38. The standard InChI is InChI=1S/C16H22O4/c1-10(2)9-16(8-6-5-7-11(16)3)12(4)13(14(17)18)15(19)20/h5-8,10-11H,9H2,1-4H3,(H,17,18)(H,19,20). The van der Waals surface area contributed by atoms with Gasteiger partial charge in [0.15, 0.2) is 0 Å². The van der Waals surface area contributed by atoms with Crippen molar-refractivity contribution in [2.45, 2.75) is 34.1 Å². The number of aliphatic carboxylic acids is 2. The molecular formula is C16H22O4. The van der Waals surface area contributed by atoms with E-state index in [1.807, 2.05) is 31.2 Å². The van der Waals surface area contributed by atoms with E-state index < -0.39 is 22.9 Å². The zero-order valence-electron chi connectivity index (χ0n) is 12.4. The van der Waals surface area contributed by atoms with Crippen molar-refractivity contribution < 1.29 is 19.8 Å². The van der Waals surface area contributed by atoms with Crippen LogP contribution in [0.2, 0.25) is 0 Å². The summed E-state index contributed by atoms with van der Waals surface area (Å²) in [5, 5.41) is 18.4. The summed E-state index contributed by atoms with van der Waals surface area (Å²) in [6.07, 6.45) is 8.43. The number of hydrogen-bond donors (Lipinski definition) is 2. The van der Waals surface area contributed by atoms with Gasteiger partial charge in [0.2, 0.25) is 0 Å². The summed E-state index contributed by atoms with van der Waals surface area (Å²) in [4.78, 5) is 22.6. The van der Waals surface area contributed by atoms with E-state index in [2.05, 4.69) is 13.8 Å². The normalized spacial score (nSPS) is 24.8. The molecule has 110 valence electrons. The maximum atomic E-state index is 11.3. The molecular weight excluding hydrogens is 256 g/mol. The van der Waals surface area contributed by atoms with Crippen molar-refractivity contribution in [3.8, 4) is 0 Å². The van der Waals surface area contributed by atoms with Gasteiger partial charge in [-0.2, -0.15) is 0 Å². The fourth-order valence-corrected chi connectivity index (χ4v) is 2.98. The van der Waals surface area contributed by atoms with E-state index in [1.54, 1.807) is 6.92 Å². The van der Waals surface area contributed by atoms with Gasteiger partial charge in [0.25, 0.3) is 0 Å². The van der Waals surface area contributed by atoms with Gasteiger partial charge in [-0.1, -0.05) is 45.1 Å². The Morgan fingerprint density at radius 2 is 1.75 bits per heavy atom. The molecule has 0 saturated heterocycles. The van der Waals surface area contributed by atoms with Crippen LogP contribution in [-0.2, 0) is 9.59 Å². The molecule has 20 heavy (non-hydrogen) atoms. The van der Waals surface area contributed by atoms with Crippen LogP contribution in [0.15, 0.2) is 35.5 Å². The monoisotopic (exact) mass is 278 g/mol. The molecule has 0 aromatic carbocycles. The molecule has 2 atom stereocenters. The van der Waals surface area contributed by atoms with Crippen LogP contribution in [0, 0.1) is 17.3 Å². The number of rotatable bonds is 5. The van der Waals surface area contributed by atoms with E-state index >= 15 is 0 Å². The molecule has 0 aliphatic heterocycles. The lowest BCUT2D eigenvalue weighted by molar-refractivity contribution is -0.140. The minimum absolute atomic E-state index is 0.0589. The van der Waals surface area contributed by atoms with Crippen LogP contribution in [0.1, 0.15) is 34.1 Å². The molecule has 2 unspecified atom stereocenters. The van der Waals surface area contributed by atoms with Crippen molar-refractivity contribution >= 4 is 11.9 Å². The first kappa shape index (κ1) is 16.2. The van der Waals surface area contributed by atoms with E-state index in [1.165, 1.54) is 0 Å². The Labute approximate surface area is 119 Å². The molecule has 0 saturated carbocycles. The highest BCUT2D eigenvalue weighted by Crippen LogP contribution is 2.46. The van der Waals surface area contributed by atoms with Crippen molar-refractivity contribution in [1.82, 2.24) is 0 Å². The van der Waals surface area contributed by atoms with Gasteiger partial charge >= 0.3 is 11.9 Å². The van der Waals surface area contributed by atoms with Crippen LogP contribution in [0.4, 0.5) is 0 Å². The fraction of sp³-hybridized carbons (Fsp3) is 0.500. The first-order chi connectivity index (χ1) is 9.22. The van der Waals surface area contributed by atoms with Crippen molar-refractivity contribution in [3.05, 3.63) is 35.5 Å². The highest BCUT2D eigenvalue weighted by Gasteiger charge is 2.40. The van der Waals surface area contributed by atoms with E-state index in [4.69, 9.17) is 0 Å². The van der Waals surface area contributed by atoms with Gasteiger partial charge < -0.3 is 10.2 Å². The van der Waals surface area contributed by atoms with E-state index in [-0.39, 0.29) is 5.92 Å². The lowest BCUT2D eigenvalue weighted by Gasteiger charge is -2.40. The lowest BCUT2D eigenvalue weighted by atomic mass is 9.63. The largest absolute Gasteiger partial charge is 0.477 e. The van der Waals surface area contributed by atoms with Gasteiger partial charge in [-0.15, -0.1) is 0 Å². The third kappa shape index (κ3) is 3.00. The molecule has 0 heterocycles. The average Bonchev–Trinajstić information content (AvgIpc) is 2.30. The van der Waals surface area contributed by atoms with Crippen LogP contribution < -0.4 is 0 Å². The first-order valence-corrected chi connectivity index (χ1v) is 6.76. The zero-order chi connectivity index (χ0) is 15.5. The predicted molar refractivity (Wildman–Crippen MR) is 77.3 cm³/mol. The Balaban J connectivity index is 3.48. The first-order valence-electron chi connectivity index (χ1n) is 6.76. The number of hydrogen-bond acceptors (Lipinski definition) is 2. The second kappa shape index (κ2) is 6.07. The molecule has 0 aromatic heterocycles. The van der Waals surface area contributed by atoms with E-state index in [0.717, 1.165) is 0 Å². The second-order valence-electron chi connectivity index (χ2n) is 5.78. The molecule has 1 rings (SSSR count). The summed E-state index contributed by atoms with van der Waals surface area (Å²) in [5.41, 5.74) is -0.647. The Bertz CT molecular complexity index is 481. The van der Waals surface area contributed by atoms with Crippen molar-refractivity contribution in [2.75, 3.05) is 0 Å². The van der Waals surface area contributed by atoms with Gasteiger partial charge in [0, 0.05) is 5.41 Å². The van der Waals surface area contributed by atoms with E-state index in [9.17, 15) is 19.8 Å². The van der Waals surface area contributed by atoms with Crippen LogP contribution in [0.25, 0.3) is 0 Å². The van der Waals surface area contributed by atoms with Gasteiger partial charge in [-0.05, 0) is 30.8 Å². The quantitative estimate of drug-likeness (QED) is 0.460. The summed E-state index contributed by atoms with van der Waals surface area (Å²) in [5.74, 6) is -2.38. The SMILES string of the molecule is CC(=C(C(=O)O)C(=O)O)C1(CC(C)C)C=CC=CC1C. The smallest absolute Gasteiger partial charge is 0.343 e. The van der Waals surface area contributed by atoms with Gasteiger partial charge in [-0.3, -0.25) is 0 Å². The topological polar surface area (TPSA) is 74.6 Å². The third-order valence-corrected chi connectivity index (χ3v) is 3.96. The summed E-state index contributed by atoms with van der Waals surface area (Å²) < 4.78 is 0. The number of carbonyl (C=O) groups is 2. The molecule has 4 nitrogen and oxygen atoms in total. The van der Waals surface area contributed by atoms with Crippen molar-refractivity contribution in [3.63, 3.8) is 0 Å². The molecule has 0 fully saturated rings. The number of carboxylic acid groups (broad SMARTS) is 2. The van der Waals surface area contributed by atoms with Crippen molar-refractivity contribution in [1.29, 1.82) is 0 Å². The Morgan fingerprint density at radius 3 is 2.15 bits per heavy atom. The second-order valence-corrected chi connectivity index (χ2v) is 5.78. The highest BCUT2D eigenvalue weighted by molar-refractivity contribution is 6.13. The molecule has 2 N–H and O–H groups in total. The molecule has 0 amide bonds. The Hall–Kier alpha value is -1.84. The highest BCUT2D eigenvalue weighted by atomic mass is 16.4. The van der Waals surface area contributed by atoms with Crippen LogP contribution >= 0.6 is 0 Å². The average molecular weight is 278 g/mol. The van der Waals surface area contributed by atoms with Crippen LogP contribution in [-0.4, -0.2) is 22.2 Å². The van der Waals surface area contributed by atoms with E-state index in [0.29, 0.717) is 17.9 Å². The van der Waals surface area contributed by atoms with Gasteiger partial charge in [0.05, 0.1) is 0 Å². The van der Waals surface area contributed by atoms with Crippen LogP contribution in [0.3, 0.4) is 0 Å². The van der Waals surface area contributed by atoms with Crippen LogP contribution in [0.5, 0.6) is 0 Å². The Morgan fingerprint density at radius 1 is 1.20 bits per heavy atom. The summed E-state index contributed by atoms with van der Waals surface area (Å²) in [6.45, 7) is 7.72. The Kier molecular flexibility index (Phi) is 4.93. The van der Waals surface area contributed by atoms with Crippen molar-refractivity contribution in [2.24, 2.45) is 17.3 Å². The number of allylic oxidation sites excluding steroid dienone is 5.